The van der Waals surface area contributed by atoms with E-state index < -0.39 is 11.8 Å². The normalized spacial score (nSPS) is 10.0. The van der Waals surface area contributed by atoms with Crippen LogP contribution in [0.5, 0.6) is 5.75 Å². The first kappa shape index (κ1) is 15.7. The Balaban J connectivity index is 1.87. The van der Waals surface area contributed by atoms with Crippen LogP contribution >= 0.6 is 0 Å². The second kappa shape index (κ2) is 7.93. The maximum absolute atomic E-state index is 11.6. The molecule has 1 aromatic carbocycles. The highest BCUT2D eigenvalue weighted by atomic mass is 16.5. The molecule has 2 rings (SSSR count). The number of carbonyl (C=O) groups is 2. The van der Waals surface area contributed by atoms with Crippen LogP contribution in [0.2, 0.25) is 0 Å². The van der Waals surface area contributed by atoms with Gasteiger partial charge < -0.3 is 9.47 Å². The van der Waals surface area contributed by atoms with E-state index in [1.165, 1.54) is 6.20 Å². The van der Waals surface area contributed by atoms with Crippen LogP contribution in [0.3, 0.4) is 0 Å². The Morgan fingerprint density at radius 2 is 1.86 bits per heavy atom. The number of hydrogen-bond acceptors (Lipinski definition) is 5. The van der Waals surface area contributed by atoms with E-state index in [1.807, 2.05) is 30.3 Å². The number of hydrogen-bond donors (Lipinski definition) is 0. The number of carbonyl (C=O) groups excluding carboxylic acids is 2. The number of Topliss-reactive ketones (excluding diaryl/α,β-unsaturated/α-hetero) is 1. The van der Waals surface area contributed by atoms with E-state index in [0.717, 1.165) is 5.56 Å². The zero-order valence-corrected chi connectivity index (χ0v) is 12.3. The number of ether oxygens (including phenoxy) is 2. The minimum Gasteiger partial charge on any atom is -0.487 e. The molecule has 5 nitrogen and oxygen atoms in total. The Kier molecular flexibility index (Phi) is 5.65. The predicted molar refractivity (Wildman–Crippen MR) is 80.4 cm³/mol. The Bertz CT molecular complexity index is 623. The fraction of sp³-hybridized carbons (Fsp3) is 0.235. The highest BCUT2D eigenvalue weighted by Crippen LogP contribution is 2.12. The molecule has 0 bridgehead atoms. The second-order valence-corrected chi connectivity index (χ2v) is 4.58. The van der Waals surface area contributed by atoms with Crippen molar-refractivity contribution in [1.82, 2.24) is 4.98 Å². The summed E-state index contributed by atoms with van der Waals surface area (Å²) in [5, 5.41) is 0. The van der Waals surface area contributed by atoms with Crippen molar-refractivity contribution in [3.8, 4) is 5.75 Å². The number of aromatic nitrogens is 1. The van der Waals surface area contributed by atoms with Crippen molar-refractivity contribution in [2.45, 2.75) is 20.0 Å². The molecule has 0 aliphatic rings. The van der Waals surface area contributed by atoms with Crippen LogP contribution in [0.25, 0.3) is 0 Å². The van der Waals surface area contributed by atoms with Gasteiger partial charge in [0.2, 0.25) is 5.78 Å². The topological polar surface area (TPSA) is 65.5 Å². The van der Waals surface area contributed by atoms with Gasteiger partial charge in [-0.05, 0) is 24.6 Å². The van der Waals surface area contributed by atoms with Crippen molar-refractivity contribution in [3.05, 3.63) is 59.9 Å². The Labute approximate surface area is 128 Å². The van der Waals surface area contributed by atoms with Crippen molar-refractivity contribution >= 4 is 11.8 Å². The molecule has 0 spiro atoms. The van der Waals surface area contributed by atoms with Gasteiger partial charge in [-0.3, -0.25) is 9.78 Å². The predicted octanol–water partition coefficient (Wildman–Crippen LogP) is 2.34. The van der Waals surface area contributed by atoms with E-state index in [1.54, 1.807) is 19.1 Å². The largest absolute Gasteiger partial charge is 0.487 e. The number of esters is 1. The number of rotatable bonds is 7. The molecule has 0 amide bonds. The minimum absolute atomic E-state index is 0.0716. The molecule has 0 unspecified atom stereocenters. The lowest BCUT2D eigenvalue weighted by Gasteiger charge is -2.06. The molecule has 0 fully saturated rings. The lowest BCUT2D eigenvalue weighted by atomic mass is 10.2. The van der Waals surface area contributed by atoms with Crippen LogP contribution < -0.4 is 4.74 Å². The van der Waals surface area contributed by atoms with E-state index in [-0.39, 0.29) is 13.0 Å². The molecule has 22 heavy (non-hydrogen) atoms. The highest BCUT2D eigenvalue weighted by molar-refractivity contribution is 6.34. The summed E-state index contributed by atoms with van der Waals surface area (Å²) in [4.78, 5) is 26.9. The quantitative estimate of drug-likeness (QED) is 0.580. The molecule has 1 heterocycles. The third kappa shape index (κ3) is 4.70. The molecule has 5 heteroatoms. The SMILES string of the molecule is CCOC(=O)C(=O)Cc1ccc(OCc2ccccc2)cn1. The van der Waals surface area contributed by atoms with Gasteiger partial charge in [0.25, 0.3) is 0 Å². The van der Waals surface area contributed by atoms with Crippen LogP contribution in [0.4, 0.5) is 0 Å². The van der Waals surface area contributed by atoms with Gasteiger partial charge in [-0.15, -0.1) is 0 Å². The van der Waals surface area contributed by atoms with E-state index in [4.69, 9.17) is 4.74 Å². The molecular weight excluding hydrogens is 282 g/mol. The third-order valence-electron chi connectivity index (χ3n) is 2.89. The van der Waals surface area contributed by atoms with Crippen molar-refractivity contribution in [2.24, 2.45) is 0 Å². The van der Waals surface area contributed by atoms with Crippen molar-refractivity contribution in [3.63, 3.8) is 0 Å². The summed E-state index contributed by atoms with van der Waals surface area (Å²) in [6.45, 7) is 2.29. The van der Waals surface area contributed by atoms with Crippen molar-refractivity contribution in [2.75, 3.05) is 6.61 Å². The van der Waals surface area contributed by atoms with E-state index >= 15 is 0 Å². The van der Waals surface area contributed by atoms with Gasteiger partial charge in [0.15, 0.2) is 0 Å². The van der Waals surface area contributed by atoms with Gasteiger partial charge in [-0.25, -0.2) is 4.79 Å². The van der Waals surface area contributed by atoms with Gasteiger partial charge in [0.05, 0.1) is 19.2 Å². The molecule has 0 N–H and O–H groups in total. The Hall–Kier alpha value is -2.69. The van der Waals surface area contributed by atoms with Crippen molar-refractivity contribution in [1.29, 1.82) is 0 Å². The molecule has 0 saturated carbocycles. The van der Waals surface area contributed by atoms with Crippen molar-refractivity contribution < 1.29 is 19.1 Å². The molecule has 0 saturated heterocycles. The summed E-state index contributed by atoms with van der Waals surface area (Å²) in [6.07, 6.45) is 1.47. The lowest BCUT2D eigenvalue weighted by Crippen LogP contribution is -2.19. The van der Waals surface area contributed by atoms with Crippen LogP contribution in [0.15, 0.2) is 48.7 Å². The Morgan fingerprint density at radius 1 is 1.09 bits per heavy atom. The summed E-state index contributed by atoms with van der Waals surface area (Å²) in [6, 6.07) is 13.2. The van der Waals surface area contributed by atoms with E-state index in [9.17, 15) is 9.59 Å². The van der Waals surface area contributed by atoms with Crippen LogP contribution in [0.1, 0.15) is 18.2 Å². The molecule has 2 aromatic rings. The van der Waals surface area contributed by atoms with E-state index in [2.05, 4.69) is 9.72 Å². The monoisotopic (exact) mass is 299 g/mol. The molecule has 0 aliphatic carbocycles. The summed E-state index contributed by atoms with van der Waals surface area (Å²) in [5.74, 6) is -0.822. The molecule has 0 atom stereocenters. The fourth-order valence-corrected chi connectivity index (χ4v) is 1.79. The fourth-order valence-electron chi connectivity index (χ4n) is 1.79. The van der Waals surface area contributed by atoms with Gasteiger partial charge in [0, 0.05) is 5.69 Å². The first-order valence-electron chi connectivity index (χ1n) is 7.00. The third-order valence-corrected chi connectivity index (χ3v) is 2.89. The number of pyridine rings is 1. The molecular formula is C17H17NO4. The minimum atomic E-state index is -0.825. The summed E-state index contributed by atoms with van der Waals surface area (Å²) >= 11 is 0. The average Bonchev–Trinajstić information content (AvgIpc) is 2.55. The molecule has 0 radical (unpaired) electrons. The Morgan fingerprint density at radius 3 is 2.50 bits per heavy atom. The standard InChI is InChI=1S/C17H17NO4/c1-2-21-17(20)16(19)10-14-8-9-15(11-18-14)22-12-13-6-4-3-5-7-13/h3-9,11H,2,10,12H2,1H3. The highest BCUT2D eigenvalue weighted by Gasteiger charge is 2.15. The first-order valence-corrected chi connectivity index (χ1v) is 7.00. The van der Waals surface area contributed by atoms with Gasteiger partial charge in [-0.1, -0.05) is 30.3 Å². The van der Waals surface area contributed by atoms with E-state index in [0.29, 0.717) is 18.1 Å². The summed E-state index contributed by atoms with van der Waals surface area (Å²) in [7, 11) is 0. The zero-order valence-electron chi connectivity index (χ0n) is 12.3. The van der Waals surface area contributed by atoms with Crippen LogP contribution in [-0.4, -0.2) is 23.3 Å². The average molecular weight is 299 g/mol. The summed E-state index contributed by atoms with van der Waals surface area (Å²) in [5.41, 5.74) is 1.56. The number of benzene rings is 1. The maximum atomic E-state index is 11.6. The van der Waals surface area contributed by atoms with Crippen LogP contribution in [-0.2, 0) is 27.4 Å². The molecule has 1 aromatic heterocycles. The maximum Gasteiger partial charge on any atom is 0.375 e. The zero-order chi connectivity index (χ0) is 15.8. The molecule has 0 aliphatic heterocycles. The van der Waals surface area contributed by atoms with Gasteiger partial charge >= 0.3 is 5.97 Å². The van der Waals surface area contributed by atoms with Crippen LogP contribution in [0, 0.1) is 0 Å². The van der Waals surface area contributed by atoms with Gasteiger partial charge in [-0.2, -0.15) is 0 Å². The molecule has 114 valence electrons. The second-order valence-electron chi connectivity index (χ2n) is 4.58. The first-order chi connectivity index (χ1) is 10.7. The number of ketones is 1. The number of nitrogens with zero attached hydrogens (tertiary/aromatic N) is 1. The lowest BCUT2D eigenvalue weighted by molar-refractivity contribution is -0.153. The van der Waals surface area contributed by atoms with Gasteiger partial charge in [0.1, 0.15) is 12.4 Å². The smallest absolute Gasteiger partial charge is 0.375 e. The summed E-state index contributed by atoms with van der Waals surface area (Å²) < 4.78 is 10.2.